The van der Waals surface area contributed by atoms with Crippen molar-refractivity contribution in [1.29, 1.82) is 0 Å². The molecule has 0 fully saturated rings. The first-order chi connectivity index (χ1) is 8.56. The molecule has 4 N–H and O–H groups in total. The van der Waals surface area contributed by atoms with Crippen LogP contribution in [0.25, 0.3) is 10.9 Å². The van der Waals surface area contributed by atoms with E-state index >= 15 is 0 Å². The van der Waals surface area contributed by atoms with Crippen molar-refractivity contribution in [2.24, 2.45) is 5.73 Å². The summed E-state index contributed by atoms with van der Waals surface area (Å²) in [5.74, 6) is 0. The van der Waals surface area contributed by atoms with Crippen LogP contribution < -0.4 is 11.1 Å². The molecule has 0 saturated carbocycles. The number of carbonyl (C=O) groups excluding carboxylic acids is 1. The van der Waals surface area contributed by atoms with Gasteiger partial charge in [0.15, 0.2) is 0 Å². The molecule has 0 aliphatic heterocycles. The number of fused-ring (bicyclic) bond motifs is 1. The number of H-pyrrole nitrogens is 1. The van der Waals surface area contributed by atoms with Gasteiger partial charge in [0.25, 0.3) is 0 Å². The van der Waals surface area contributed by atoms with Gasteiger partial charge in [-0.15, -0.1) is 0 Å². The first-order valence-corrected chi connectivity index (χ1v) is 5.87. The number of aromatic nitrogens is 1. The Balaban J connectivity index is 2.28. The van der Waals surface area contributed by atoms with E-state index in [0.29, 0.717) is 0 Å². The monoisotopic (exact) mass is 246 g/mol. The average Bonchev–Trinajstić information content (AvgIpc) is 2.68. The Hall–Kier alpha value is -2.01. The largest absolute Gasteiger partial charge is 0.361 e. The number of carbonyl (C=O) groups is 1. The molecule has 2 amide bonds. The molecular weight excluding hydrogens is 228 g/mol. The lowest BCUT2D eigenvalue weighted by molar-refractivity contribution is 0.259. The molecule has 0 spiro atoms. The number of urea groups is 1. The van der Waals surface area contributed by atoms with Gasteiger partial charge >= 0.3 is 6.03 Å². The van der Waals surface area contributed by atoms with Gasteiger partial charge in [0.2, 0.25) is 0 Å². The van der Waals surface area contributed by atoms with Gasteiger partial charge in [0.1, 0.15) is 0 Å². The number of nitrogens with one attached hydrogen (secondary N) is 2. The van der Waals surface area contributed by atoms with E-state index in [1.165, 1.54) is 5.56 Å². The van der Waals surface area contributed by atoms with Gasteiger partial charge in [0, 0.05) is 29.3 Å². The third-order valence-corrected chi connectivity index (χ3v) is 2.86. The smallest absolute Gasteiger partial charge is 0.316 e. The number of aromatic amines is 1. The van der Waals surface area contributed by atoms with Gasteiger partial charge in [-0.25, -0.2) is 4.79 Å². The summed E-state index contributed by atoms with van der Waals surface area (Å²) in [6.07, 6.45) is 2.98. The van der Waals surface area contributed by atoms with E-state index in [-0.39, 0.29) is 0 Å². The highest BCUT2D eigenvalue weighted by Gasteiger charge is 2.06. The molecule has 2 aromatic rings. The fourth-order valence-electron chi connectivity index (χ4n) is 1.95. The summed E-state index contributed by atoms with van der Waals surface area (Å²) >= 11 is 0. The van der Waals surface area contributed by atoms with E-state index < -0.39 is 6.03 Å². The van der Waals surface area contributed by atoms with Crippen LogP contribution in [0.15, 0.2) is 24.4 Å². The summed E-state index contributed by atoms with van der Waals surface area (Å²) in [5, 5.41) is 3.72. The van der Waals surface area contributed by atoms with Gasteiger partial charge in [0.05, 0.1) is 0 Å². The van der Waals surface area contributed by atoms with Gasteiger partial charge in [-0.05, 0) is 44.3 Å². The summed E-state index contributed by atoms with van der Waals surface area (Å²) in [5.41, 5.74) is 8.15. The number of likely N-dealkylation sites (N-methyl/N-ethyl adjacent to an activating group) is 1. The number of nitrogens with two attached hydrogens (primary N) is 1. The predicted molar refractivity (Wildman–Crippen MR) is 73.8 cm³/mol. The maximum absolute atomic E-state index is 10.8. The highest BCUT2D eigenvalue weighted by molar-refractivity contribution is 5.93. The number of hydrogen-bond acceptors (Lipinski definition) is 2. The minimum absolute atomic E-state index is 0.542. The van der Waals surface area contributed by atoms with Crippen LogP contribution in [0.5, 0.6) is 0 Å². The minimum Gasteiger partial charge on any atom is -0.361 e. The Morgan fingerprint density at radius 3 is 2.89 bits per heavy atom. The zero-order chi connectivity index (χ0) is 13.1. The molecule has 96 valence electrons. The van der Waals surface area contributed by atoms with Crippen molar-refractivity contribution in [3.05, 3.63) is 30.0 Å². The maximum atomic E-state index is 10.8. The van der Waals surface area contributed by atoms with Gasteiger partial charge < -0.3 is 20.9 Å². The number of nitrogens with zero attached hydrogens (tertiary/aromatic N) is 1. The van der Waals surface area contributed by atoms with E-state index in [1.54, 1.807) is 0 Å². The van der Waals surface area contributed by atoms with Crippen molar-refractivity contribution in [2.75, 3.05) is 26.0 Å². The Morgan fingerprint density at radius 2 is 2.22 bits per heavy atom. The van der Waals surface area contributed by atoms with Crippen molar-refractivity contribution in [3.8, 4) is 0 Å². The lowest BCUT2D eigenvalue weighted by Crippen LogP contribution is -2.19. The second kappa shape index (κ2) is 5.10. The second-order valence-corrected chi connectivity index (χ2v) is 4.62. The van der Waals surface area contributed by atoms with E-state index in [0.717, 1.165) is 29.6 Å². The minimum atomic E-state index is -0.542. The molecule has 1 aromatic carbocycles. The van der Waals surface area contributed by atoms with Crippen LogP contribution in [-0.4, -0.2) is 36.6 Å². The van der Waals surface area contributed by atoms with E-state index in [2.05, 4.69) is 29.3 Å². The standard InChI is InChI=1S/C13H18N4O/c1-17(2)6-5-9-8-15-12-4-3-10(7-11(9)12)16-13(14)18/h3-4,7-8,15H,5-6H2,1-2H3,(H3,14,16,18). The van der Waals surface area contributed by atoms with Crippen molar-refractivity contribution >= 4 is 22.6 Å². The number of primary amides is 1. The van der Waals surface area contributed by atoms with Gasteiger partial charge in [-0.1, -0.05) is 0 Å². The summed E-state index contributed by atoms with van der Waals surface area (Å²) in [7, 11) is 4.10. The molecule has 5 heteroatoms. The lowest BCUT2D eigenvalue weighted by atomic mass is 10.1. The molecule has 0 saturated heterocycles. The molecule has 0 aliphatic rings. The van der Waals surface area contributed by atoms with Crippen LogP contribution in [0.2, 0.25) is 0 Å². The molecule has 18 heavy (non-hydrogen) atoms. The number of rotatable bonds is 4. The zero-order valence-electron chi connectivity index (χ0n) is 10.7. The zero-order valence-corrected chi connectivity index (χ0v) is 10.7. The highest BCUT2D eigenvalue weighted by Crippen LogP contribution is 2.22. The second-order valence-electron chi connectivity index (χ2n) is 4.62. The molecule has 2 rings (SSSR count). The number of hydrogen-bond donors (Lipinski definition) is 3. The quantitative estimate of drug-likeness (QED) is 0.769. The number of amides is 2. The third kappa shape index (κ3) is 2.81. The molecule has 1 heterocycles. The van der Waals surface area contributed by atoms with Gasteiger partial charge in [-0.3, -0.25) is 0 Å². The Bertz CT molecular complexity index is 559. The van der Waals surface area contributed by atoms with Crippen LogP contribution in [-0.2, 0) is 6.42 Å². The topological polar surface area (TPSA) is 74.2 Å². The summed E-state index contributed by atoms with van der Waals surface area (Å²) in [4.78, 5) is 16.2. The molecule has 0 bridgehead atoms. The summed E-state index contributed by atoms with van der Waals surface area (Å²) in [6, 6.07) is 5.18. The van der Waals surface area contributed by atoms with Crippen LogP contribution >= 0.6 is 0 Å². The summed E-state index contributed by atoms with van der Waals surface area (Å²) < 4.78 is 0. The van der Waals surface area contributed by atoms with Crippen LogP contribution in [0.1, 0.15) is 5.56 Å². The van der Waals surface area contributed by atoms with Crippen LogP contribution in [0.3, 0.4) is 0 Å². The average molecular weight is 246 g/mol. The first-order valence-electron chi connectivity index (χ1n) is 5.87. The highest BCUT2D eigenvalue weighted by atomic mass is 16.2. The van der Waals surface area contributed by atoms with E-state index in [4.69, 9.17) is 5.73 Å². The Morgan fingerprint density at radius 1 is 1.44 bits per heavy atom. The molecule has 0 aliphatic carbocycles. The number of anilines is 1. The van der Waals surface area contributed by atoms with Crippen molar-refractivity contribution < 1.29 is 4.79 Å². The molecule has 0 radical (unpaired) electrons. The fourth-order valence-corrected chi connectivity index (χ4v) is 1.95. The van der Waals surface area contributed by atoms with Crippen molar-refractivity contribution in [1.82, 2.24) is 9.88 Å². The van der Waals surface area contributed by atoms with E-state index in [9.17, 15) is 4.79 Å². The van der Waals surface area contributed by atoms with Crippen LogP contribution in [0.4, 0.5) is 10.5 Å². The van der Waals surface area contributed by atoms with Crippen molar-refractivity contribution in [2.45, 2.75) is 6.42 Å². The summed E-state index contributed by atoms with van der Waals surface area (Å²) in [6.45, 7) is 0.987. The van der Waals surface area contributed by atoms with E-state index in [1.807, 2.05) is 24.4 Å². The third-order valence-electron chi connectivity index (χ3n) is 2.86. The maximum Gasteiger partial charge on any atom is 0.316 e. The van der Waals surface area contributed by atoms with Crippen LogP contribution in [0, 0.1) is 0 Å². The molecular formula is C13H18N4O. The van der Waals surface area contributed by atoms with Crippen molar-refractivity contribution in [3.63, 3.8) is 0 Å². The lowest BCUT2D eigenvalue weighted by Gasteiger charge is -2.08. The predicted octanol–water partition coefficient (Wildman–Crippen LogP) is 1.76. The van der Waals surface area contributed by atoms with Gasteiger partial charge in [-0.2, -0.15) is 0 Å². The fraction of sp³-hybridized carbons (Fsp3) is 0.308. The molecule has 5 nitrogen and oxygen atoms in total. The molecule has 1 aromatic heterocycles. The Kier molecular flexibility index (Phi) is 3.53. The number of benzene rings is 1. The molecule has 0 unspecified atom stereocenters. The first kappa shape index (κ1) is 12.4. The normalized spacial score (nSPS) is 11.1. The Labute approximate surface area is 106 Å². The molecule has 0 atom stereocenters. The SMILES string of the molecule is CN(C)CCc1c[nH]c2ccc(NC(N)=O)cc12.